The molecule has 0 radical (unpaired) electrons. The highest BCUT2D eigenvalue weighted by molar-refractivity contribution is 7.52. The number of nitrogen functional groups attached to an aromatic ring is 1. The zero-order valence-corrected chi connectivity index (χ0v) is 47.6. The summed E-state index contributed by atoms with van der Waals surface area (Å²) in [5, 5.41) is 31.0. The number of nitrogens with two attached hydrogens (primary N) is 1. The van der Waals surface area contributed by atoms with Crippen molar-refractivity contribution in [1.82, 2.24) is 39.2 Å². The van der Waals surface area contributed by atoms with Crippen LogP contribution in [0, 0.1) is 0 Å². The molecule has 0 spiro atoms. The third-order valence-corrected chi connectivity index (χ3v) is 17.5. The van der Waals surface area contributed by atoms with Gasteiger partial charge in [-0.3, -0.25) is 38.2 Å². The Balaban J connectivity index is 0.969. The molecular formula is C49H60Cl2F2N10O16P2. The second-order valence-corrected chi connectivity index (χ2v) is 24.2. The van der Waals surface area contributed by atoms with Crippen molar-refractivity contribution in [1.29, 1.82) is 0 Å². The number of carbonyl (C=O) groups is 2. The Kier molecular flexibility index (Phi) is 18.4. The van der Waals surface area contributed by atoms with Gasteiger partial charge in [-0.05, 0) is 84.9 Å². The summed E-state index contributed by atoms with van der Waals surface area (Å²) in [6.45, 7) is 7.16. The molecular weight excluding hydrogens is 1160 g/mol. The van der Waals surface area contributed by atoms with Gasteiger partial charge in [0.25, 0.3) is 11.1 Å². The number of nitrogens with one attached hydrogen (secondary N) is 5. The van der Waals surface area contributed by atoms with Crippen LogP contribution in [-0.2, 0) is 46.7 Å². The average molecular weight is 1220 g/mol. The van der Waals surface area contributed by atoms with Crippen molar-refractivity contribution in [3.8, 4) is 11.5 Å². The summed E-state index contributed by atoms with van der Waals surface area (Å²) in [5.41, 5.74) is 4.25. The van der Waals surface area contributed by atoms with E-state index in [4.69, 9.17) is 66.0 Å². The number of aliphatic hydroxyl groups is 2. The van der Waals surface area contributed by atoms with Crippen molar-refractivity contribution in [2.75, 3.05) is 24.4 Å². The molecule has 2 aromatic carbocycles. The quantitative estimate of drug-likeness (QED) is 0.0152. The first-order valence-corrected chi connectivity index (χ1v) is 29.0. The summed E-state index contributed by atoms with van der Waals surface area (Å²) in [6, 6.07) is 15.5. The van der Waals surface area contributed by atoms with Gasteiger partial charge in [-0.15, -0.1) is 23.2 Å². The number of nitrogens with zero attached hydrogens (tertiary/aromatic N) is 4. The first-order chi connectivity index (χ1) is 38.2. The van der Waals surface area contributed by atoms with Crippen molar-refractivity contribution in [2.45, 2.75) is 132 Å². The van der Waals surface area contributed by atoms with Gasteiger partial charge in [0.1, 0.15) is 71.1 Å². The molecule has 81 heavy (non-hydrogen) atoms. The Morgan fingerprint density at radius 3 is 1.56 bits per heavy atom. The Hall–Kier alpha value is -6.00. The van der Waals surface area contributed by atoms with Crippen LogP contribution in [0.3, 0.4) is 0 Å². The molecule has 4 unspecified atom stereocenters. The van der Waals surface area contributed by atoms with Gasteiger partial charge in [-0.2, -0.15) is 20.1 Å². The SMILES string of the molecule is CC(C)OC(=O)[C@H](C)NP(=O)(Oc1ccccc1)O[C@@H](C)[C@H]1O[C@@H](n2ccc3c(=O)[nH]c(NC(C)OC(=O)[C@H](C)N[P@@](=O)(Oc4ccccc4)O[C@@H](C)[C@H]4O[C@@H](n5ccc6c(=O)[nH]c(N)nc65)[C@@](Cl)(CF)C4O)nc32)[C@@](Cl)(CF)C1O. The van der Waals surface area contributed by atoms with E-state index in [1.54, 1.807) is 50.2 Å². The van der Waals surface area contributed by atoms with Gasteiger partial charge in [-0.1, -0.05) is 36.4 Å². The van der Waals surface area contributed by atoms with Gasteiger partial charge in [0.15, 0.2) is 30.0 Å². The smallest absolute Gasteiger partial charge is 0.459 e. The number of aromatic amines is 2. The maximum absolute atomic E-state index is 15.2. The number of hydrogen-bond donors (Lipinski definition) is 8. The van der Waals surface area contributed by atoms with Crippen molar-refractivity contribution >= 4 is 84.6 Å². The molecule has 0 amide bonds. The summed E-state index contributed by atoms with van der Waals surface area (Å²) in [4.78, 5) is 61.6. The molecule has 2 fully saturated rings. The highest BCUT2D eigenvalue weighted by Gasteiger charge is 2.61. The number of aromatic nitrogens is 6. The Bertz CT molecular complexity index is 3440. The van der Waals surface area contributed by atoms with E-state index < -0.39 is 135 Å². The number of aliphatic hydroxyl groups excluding tert-OH is 2. The van der Waals surface area contributed by atoms with Crippen LogP contribution in [0.2, 0.25) is 0 Å². The van der Waals surface area contributed by atoms with Crippen LogP contribution in [-0.4, -0.2) is 135 Å². The van der Waals surface area contributed by atoms with Crippen LogP contribution in [0.5, 0.6) is 11.5 Å². The summed E-state index contributed by atoms with van der Waals surface area (Å²) in [6.07, 6.45) is -11.9. The number of alkyl halides is 4. The lowest BCUT2D eigenvalue weighted by molar-refractivity contribution is -0.149. The van der Waals surface area contributed by atoms with Gasteiger partial charge >= 0.3 is 27.4 Å². The molecule has 0 bridgehead atoms. The number of ether oxygens (including phenoxy) is 4. The fraction of sp³-hybridized carbons (Fsp3) is 0.469. The van der Waals surface area contributed by atoms with Crippen LogP contribution in [0.1, 0.15) is 60.9 Å². The van der Waals surface area contributed by atoms with Gasteiger partial charge < -0.3 is 58.4 Å². The molecule has 440 valence electrons. The molecule has 8 rings (SSSR count). The topological polar surface area (TPSA) is 346 Å². The summed E-state index contributed by atoms with van der Waals surface area (Å²) < 4.78 is 108. The molecule has 2 aliphatic rings. The summed E-state index contributed by atoms with van der Waals surface area (Å²) >= 11 is 13.6. The van der Waals surface area contributed by atoms with E-state index in [0.29, 0.717) is 0 Å². The Morgan fingerprint density at radius 1 is 0.704 bits per heavy atom. The second kappa shape index (κ2) is 24.4. The number of carbonyl (C=O) groups excluding carboxylic acids is 2. The van der Waals surface area contributed by atoms with Crippen LogP contribution >= 0.6 is 38.7 Å². The van der Waals surface area contributed by atoms with Crippen molar-refractivity contribution in [3.05, 3.63) is 106 Å². The minimum Gasteiger partial charge on any atom is -0.462 e. The zero-order valence-electron chi connectivity index (χ0n) is 44.3. The number of rotatable bonds is 24. The van der Waals surface area contributed by atoms with E-state index in [2.05, 4.69) is 35.4 Å². The van der Waals surface area contributed by atoms with Crippen LogP contribution in [0.25, 0.3) is 22.1 Å². The van der Waals surface area contributed by atoms with Crippen LogP contribution in [0.4, 0.5) is 20.7 Å². The van der Waals surface area contributed by atoms with Crippen LogP contribution < -0.4 is 41.4 Å². The van der Waals surface area contributed by atoms with Gasteiger partial charge in [0, 0.05) is 12.4 Å². The molecule has 2 aliphatic heterocycles. The maximum atomic E-state index is 15.2. The normalized spacial score (nSPS) is 26.3. The number of benzene rings is 2. The lowest BCUT2D eigenvalue weighted by Gasteiger charge is -2.30. The first-order valence-electron chi connectivity index (χ1n) is 25.1. The largest absolute Gasteiger partial charge is 0.462 e. The van der Waals surface area contributed by atoms with E-state index in [1.807, 2.05) is 0 Å². The van der Waals surface area contributed by atoms with E-state index in [-0.39, 0.29) is 45.5 Å². The molecule has 15 atom stereocenters. The Labute approximate surface area is 470 Å². The third-order valence-electron chi connectivity index (χ3n) is 13.0. The number of para-hydroxylation sites is 2. The lowest BCUT2D eigenvalue weighted by atomic mass is 9.97. The van der Waals surface area contributed by atoms with E-state index in [1.165, 1.54) is 92.5 Å². The molecule has 6 aromatic rings. The molecule has 0 saturated carbocycles. The summed E-state index contributed by atoms with van der Waals surface area (Å²) in [5.74, 6) is -2.29. The number of esters is 2. The number of halogens is 4. The van der Waals surface area contributed by atoms with Crippen LogP contribution in [0.15, 0.2) is 94.8 Å². The molecule has 32 heteroatoms. The van der Waals surface area contributed by atoms with E-state index in [0.717, 1.165) is 0 Å². The predicted octanol–water partition coefficient (Wildman–Crippen LogP) is 5.85. The van der Waals surface area contributed by atoms with Crippen molar-refractivity contribution in [2.24, 2.45) is 0 Å². The van der Waals surface area contributed by atoms with Crippen molar-refractivity contribution in [3.63, 3.8) is 0 Å². The number of anilines is 2. The monoisotopic (exact) mass is 1210 g/mol. The average Bonchev–Trinajstić information content (AvgIpc) is 4.29. The second-order valence-electron chi connectivity index (χ2n) is 19.5. The lowest BCUT2D eigenvalue weighted by Crippen LogP contribution is -2.46. The van der Waals surface area contributed by atoms with Gasteiger partial charge in [0.05, 0.1) is 29.1 Å². The maximum Gasteiger partial charge on any atom is 0.459 e. The number of H-pyrrole nitrogens is 2. The van der Waals surface area contributed by atoms with Gasteiger partial charge in [0.2, 0.25) is 11.9 Å². The molecule has 0 aliphatic carbocycles. The van der Waals surface area contributed by atoms with Gasteiger partial charge in [-0.25, -0.2) is 17.9 Å². The number of hydrogen-bond acceptors (Lipinski definition) is 20. The molecule has 6 heterocycles. The molecule has 2 saturated heterocycles. The highest BCUT2D eigenvalue weighted by atomic mass is 35.5. The molecule has 26 nitrogen and oxygen atoms in total. The third kappa shape index (κ3) is 13.0. The minimum atomic E-state index is -4.75. The Morgan fingerprint density at radius 2 is 1.12 bits per heavy atom. The minimum absolute atomic E-state index is 0.0118. The molecule has 9 N–H and O–H groups in total. The fourth-order valence-electron chi connectivity index (χ4n) is 9.05. The predicted molar refractivity (Wildman–Crippen MR) is 290 cm³/mol. The standard InChI is InChI=1S/C49H60Cl2F2N10O16P2/c1-24(2)72-42(68)25(3)60-80(70,78-30-14-10-8-11-15-30)76-28(6)35-37(65)49(51,23-53)45(75-35)63-21-19-33-39(63)57-47(59-41(33)67)55-29(7)73-43(69)26(4)61-81(71,79-31-16-12-9-13-17-31)77-27(5)34-36(64)48(50,22-52)44(74-34)62-20-18-32-38(62)56-46(54)58-40(32)66/h8-21,24-29,34-37,44-45,64-65H,22-23H2,1-7H3,(H,60,70)(H,61,71)(H3,54,56,58,66)(H2,55,57,59,67)/t25-,26-,27-,28-,29?,34+,35+,36?,37?,44+,45+,48+,49+,80?,81-/m0/s1. The molecule has 4 aromatic heterocycles. The number of fused-ring (bicyclic) bond motifs is 2. The van der Waals surface area contributed by atoms with Crippen molar-refractivity contribution < 1.29 is 74.8 Å². The summed E-state index contributed by atoms with van der Waals surface area (Å²) in [7, 11) is -9.31. The fourth-order valence-corrected chi connectivity index (χ4v) is 13.0. The van der Waals surface area contributed by atoms with E-state index in [9.17, 15) is 42.9 Å². The van der Waals surface area contributed by atoms with E-state index >= 15 is 4.39 Å². The zero-order chi connectivity index (χ0) is 58.9. The highest BCUT2D eigenvalue weighted by Crippen LogP contribution is 2.53. The first kappa shape index (κ1) is 61.1.